The molecular weight excluding hydrogens is 270 g/mol. The van der Waals surface area contributed by atoms with Crippen molar-refractivity contribution in [1.82, 2.24) is 4.98 Å². The number of thiophene rings is 1. The van der Waals surface area contributed by atoms with Gasteiger partial charge in [0.15, 0.2) is 0 Å². The number of pyridine rings is 1. The number of aromatic nitrogens is 1. The van der Waals surface area contributed by atoms with Crippen LogP contribution < -0.4 is 0 Å². The molecule has 0 aliphatic rings. The van der Waals surface area contributed by atoms with Crippen molar-refractivity contribution in [2.24, 2.45) is 0 Å². The molecule has 0 aliphatic heterocycles. The van der Waals surface area contributed by atoms with E-state index in [1.54, 1.807) is 11.3 Å². The maximum Gasteiger partial charge on any atom is 0.303 e. The van der Waals surface area contributed by atoms with Crippen molar-refractivity contribution < 1.29 is 9.90 Å². The second-order valence-corrected chi connectivity index (χ2v) is 5.96. The zero-order valence-electron chi connectivity index (χ0n) is 11.4. The Hall–Kier alpha value is -1.68. The summed E-state index contributed by atoms with van der Waals surface area (Å²) in [6.07, 6.45) is 7.21. The van der Waals surface area contributed by atoms with Gasteiger partial charge in [0.05, 0.1) is 10.6 Å². The van der Waals surface area contributed by atoms with Crippen LogP contribution in [-0.4, -0.2) is 16.1 Å². The molecule has 0 spiro atoms. The van der Waals surface area contributed by atoms with Gasteiger partial charge in [-0.2, -0.15) is 0 Å². The molecule has 2 rings (SSSR count). The highest BCUT2D eigenvalue weighted by molar-refractivity contribution is 7.15. The molecule has 106 valence electrons. The van der Waals surface area contributed by atoms with Crippen LogP contribution in [0, 0.1) is 0 Å². The van der Waals surface area contributed by atoms with E-state index in [1.165, 1.54) is 9.75 Å². The zero-order chi connectivity index (χ0) is 14.2. The van der Waals surface area contributed by atoms with Crippen LogP contribution in [-0.2, 0) is 11.2 Å². The summed E-state index contributed by atoms with van der Waals surface area (Å²) in [5, 5.41) is 8.55. The van der Waals surface area contributed by atoms with E-state index in [0.29, 0.717) is 6.42 Å². The van der Waals surface area contributed by atoms with Crippen LogP contribution in [0.3, 0.4) is 0 Å². The van der Waals surface area contributed by atoms with Crippen molar-refractivity contribution in [1.29, 1.82) is 0 Å². The average Bonchev–Trinajstić information content (AvgIpc) is 2.92. The molecule has 2 aromatic rings. The molecule has 0 bridgehead atoms. The van der Waals surface area contributed by atoms with Crippen LogP contribution in [0.5, 0.6) is 0 Å². The Bertz CT molecular complexity index is 536. The molecule has 0 amide bonds. The third kappa shape index (κ3) is 4.78. The van der Waals surface area contributed by atoms with Crippen molar-refractivity contribution >= 4 is 17.3 Å². The first kappa shape index (κ1) is 14.7. The van der Waals surface area contributed by atoms with E-state index in [0.717, 1.165) is 37.8 Å². The quantitative estimate of drug-likeness (QED) is 0.733. The van der Waals surface area contributed by atoms with Gasteiger partial charge in [0.25, 0.3) is 0 Å². The molecule has 0 radical (unpaired) electrons. The molecule has 0 saturated heterocycles. The first-order valence-electron chi connectivity index (χ1n) is 6.97. The minimum atomic E-state index is -0.691. The SMILES string of the molecule is O=C(O)CCCCCCc1ccc(-c2ccccn2)s1. The number of nitrogens with zero attached hydrogens (tertiary/aromatic N) is 1. The molecule has 0 unspecified atom stereocenters. The largest absolute Gasteiger partial charge is 0.481 e. The van der Waals surface area contributed by atoms with Crippen LogP contribution in [0.25, 0.3) is 10.6 Å². The number of unbranched alkanes of at least 4 members (excludes halogenated alkanes) is 3. The number of aryl methyl sites for hydroxylation is 1. The second kappa shape index (κ2) is 7.80. The Morgan fingerprint density at radius 3 is 2.70 bits per heavy atom. The summed E-state index contributed by atoms with van der Waals surface area (Å²) in [6.45, 7) is 0. The normalized spacial score (nSPS) is 10.6. The zero-order valence-corrected chi connectivity index (χ0v) is 12.2. The molecule has 2 aromatic heterocycles. The fourth-order valence-electron chi connectivity index (χ4n) is 2.09. The van der Waals surface area contributed by atoms with E-state index < -0.39 is 5.97 Å². The molecule has 0 fully saturated rings. The van der Waals surface area contributed by atoms with E-state index in [-0.39, 0.29) is 0 Å². The summed E-state index contributed by atoms with van der Waals surface area (Å²) >= 11 is 1.80. The van der Waals surface area contributed by atoms with Crippen molar-refractivity contribution in [3.8, 4) is 10.6 Å². The van der Waals surface area contributed by atoms with E-state index in [2.05, 4.69) is 17.1 Å². The lowest BCUT2D eigenvalue weighted by atomic mass is 10.1. The molecule has 2 heterocycles. The van der Waals surface area contributed by atoms with Crippen molar-refractivity contribution in [2.45, 2.75) is 38.5 Å². The van der Waals surface area contributed by atoms with Crippen molar-refractivity contribution in [3.63, 3.8) is 0 Å². The lowest BCUT2D eigenvalue weighted by Crippen LogP contribution is -1.93. The Labute approximate surface area is 123 Å². The number of rotatable bonds is 8. The summed E-state index contributed by atoms with van der Waals surface area (Å²) in [4.78, 5) is 17.3. The average molecular weight is 289 g/mol. The second-order valence-electron chi connectivity index (χ2n) is 4.79. The lowest BCUT2D eigenvalue weighted by Gasteiger charge is -1.99. The van der Waals surface area contributed by atoms with Crippen LogP contribution in [0.2, 0.25) is 0 Å². The Kier molecular flexibility index (Phi) is 5.74. The van der Waals surface area contributed by atoms with Gasteiger partial charge in [-0.1, -0.05) is 18.9 Å². The van der Waals surface area contributed by atoms with Gasteiger partial charge < -0.3 is 5.11 Å². The molecule has 1 N–H and O–H groups in total. The number of carbonyl (C=O) groups is 1. The van der Waals surface area contributed by atoms with E-state index in [4.69, 9.17) is 5.11 Å². The molecule has 0 saturated carbocycles. The van der Waals surface area contributed by atoms with Gasteiger partial charge >= 0.3 is 5.97 Å². The predicted molar refractivity (Wildman–Crippen MR) is 82.0 cm³/mol. The number of aliphatic carboxylic acids is 1. The molecule has 20 heavy (non-hydrogen) atoms. The summed E-state index contributed by atoms with van der Waals surface area (Å²) in [5.74, 6) is -0.691. The lowest BCUT2D eigenvalue weighted by molar-refractivity contribution is -0.137. The fraction of sp³-hybridized carbons (Fsp3) is 0.375. The molecule has 4 heteroatoms. The van der Waals surface area contributed by atoms with Crippen LogP contribution >= 0.6 is 11.3 Å². The number of hydrogen-bond donors (Lipinski definition) is 1. The van der Waals surface area contributed by atoms with Crippen molar-refractivity contribution in [2.75, 3.05) is 0 Å². The van der Waals surface area contributed by atoms with Gasteiger partial charge in [0.1, 0.15) is 0 Å². The highest BCUT2D eigenvalue weighted by atomic mass is 32.1. The predicted octanol–water partition coefficient (Wildman–Crippen LogP) is 4.39. The van der Waals surface area contributed by atoms with Gasteiger partial charge in [0, 0.05) is 17.5 Å². The van der Waals surface area contributed by atoms with Gasteiger partial charge in [-0.3, -0.25) is 9.78 Å². The summed E-state index contributed by atoms with van der Waals surface area (Å²) in [7, 11) is 0. The Balaban J connectivity index is 1.72. The summed E-state index contributed by atoms with van der Waals surface area (Å²) in [6, 6.07) is 10.3. The van der Waals surface area contributed by atoms with E-state index in [9.17, 15) is 4.79 Å². The topological polar surface area (TPSA) is 50.2 Å². The standard InChI is InChI=1S/C16H19NO2S/c18-16(19)9-4-2-1-3-7-13-10-11-15(20-13)14-8-5-6-12-17-14/h5-6,8,10-12H,1-4,7,9H2,(H,18,19). The molecular formula is C16H19NO2S. The van der Waals surface area contributed by atoms with Crippen molar-refractivity contribution in [3.05, 3.63) is 41.4 Å². The minimum Gasteiger partial charge on any atom is -0.481 e. The van der Waals surface area contributed by atoms with Gasteiger partial charge in [-0.25, -0.2) is 0 Å². The highest BCUT2D eigenvalue weighted by Gasteiger charge is 2.03. The molecule has 0 aliphatic carbocycles. The third-order valence-corrected chi connectivity index (χ3v) is 4.31. The Morgan fingerprint density at radius 1 is 1.10 bits per heavy atom. The third-order valence-electron chi connectivity index (χ3n) is 3.14. The maximum atomic E-state index is 10.4. The van der Waals surface area contributed by atoms with Crippen LogP contribution in [0.4, 0.5) is 0 Å². The van der Waals surface area contributed by atoms with Gasteiger partial charge in [0.2, 0.25) is 0 Å². The van der Waals surface area contributed by atoms with Gasteiger partial charge in [-0.05, 0) is 43.5 Å². The monoisotopic (exact) mass is 289 g/mol. The molecule has 0 aromatic carbocycles. The van der Waals surface area contributed by atoms with E-state index in [1.807, 2.05) is 24.4 Å². The number of carboxylic acids is 1. The maximum absolute atomic E-state index is 10.4. The molecule has 3 nitrogen and oxygen atoms in total. The molecule has 0 atom stereocenters. The number of hydrogen-bond acceptors (Lipinski definition) is 3. The Morgan fingerprint density at radius 2 is 1.95 bits per heavy atom. The smallest absolute Gasteiger partial charge is 0.303 e. The van der Waals surface area contributed by atoms with E-state index >= 15 is 0 Å². The van der Waals surface area contributed by atoms with Gasteiger partial charge in [-0.15, -0.1) is 11.3 Å². The summed E-state index contributed by atoms with van der Waals surface area (Å²) < 4.78 is 0. The van der Waals surface area contributed by atoms with Crippen LogP contribution in [0.1, 0.15) is 37.0 Å². The highest BCUT2D eigenvalue weighted by Crippen LogP contribution is 2.27. The van der Waals surface area contributed by atoms with Crippen LogP contribution in [0.15, 0.2) is 36.5 Å². The first-order chi connectivity index (χ1) is 9.75. The summed E-state index contributed by atoms with van der Waals surface area (Å²) in [5.41, 5.74) is 1.03. The first-order valence-corrected chi connectivity index (χ1v) is 7.79. The minimum absolute atomic E-state index is 0.294. The number of carboxylic acid groups (broad SMARTS) is 1. The fourth-order valence-corrected chi connectivity index (χ4v) is 3.11.